The third-order valence-corrected chi connectivity index (χ3v) is 4.16. The number of nitrogens with one attached hydrogen (secondary N) is 1. The van der Waals surface area contributed by atoms with Gasteiger partial charge in [-0.1, -0.05) is 35.5 Å². The fraction of sp³-hybridized carbons (Fsp3) is 0. The SMILES string of the molecule is O=C(O)c1ccc(NC(=O)c2ccc3noc(-c4ccccc4)c3c2)cc1. The number of amides is 1. The van der Waals surface area contributed by atoms with Crippen molar-refractivity contribution >= 4 is 28.5 Å². The molecular weight excluding hydrogens is 344 g/mol. The molecule has 6 heteroatoms. The van der Waals surface area contributed by atoms with Crippen LogP contribution in [-0.4, -0.2) is 22.1 Å². The molecule has 4 aromatic rings. The van der Waals surface area contributed by atoms with Crippen LogP contribution in [-0.2, 0) is 0 Å². The molecular formula is C21H14N2O4. The van der Waals surface area contributed by atoms with Crippen molar-refractivity contribution in [2.24, 2.45) is 0 Å². The highest BCUT2D eigenvalue weighted by Crippen LogP contribution is 2.29. The van der Waals surface area contributed by atoms with Gasteiger partial charge >= 0.3 is 5.97 Å². The number of carboxylic acids is 1. The number of carboxylic acid groups (broad SMARTS) is 1. The molecule has 132 valence electrons. The van der Waals surface area contributed by atoms with E-state index in [0.29, 0.717) is 22.5 Å². The second kappa shape index (κ2) is 6.76. The van der Waals surface area contributed by atoms with Crippen LogP contribution in [0.2, 0.25) is 0 Å². The van der Waals surface area contributed by atoms with E-state index in [0.717, 1.165) is 10.9 Å². The van der Waals surface area contributed by atoms with Crippen LogP contribution in [0.3, 0.4) is 0 Å². The van der Waals surface area contributed by atoms with Crippen LogP contribution in [0.25, 0.3) is 22.2 Å². The molecule has 27 heavy (non-hydrogen) atoms. The average molecular weight is 358 g/mol. The van der Waals surface area contributed by atoms with E-state index in [9.17, 15) is 9.59 Å². The molecule has 0 unspecified atom stereocenters. The van der Waals surface area contributed by atoms with E-state index in [1.807, 2.05) is 30.3 Å². The lowest BCUT2D eigenvalue weighted by molar-refractivity contribution is 0.0696. The third-order valence-electron chi connectivity index (χ3n) is 4.16. The zero-order chi connectivity index (χ0) is 18.8. The van der Waals surface area contributed by atoms with Gasteiger partial charge in [0.25, 0.3) is 5.91 Å². The molecule has 6 nitrogen and oxygen atoms in total. The summed E-state index contributed by atoms with van der Waals surface area (Å²) < 4.78 is 5.45. The van der Waals surface area contributed by atoms with Crippen LogP contribution in [0, 0.1) is 0 Å². The molecule has 3 aromatic carbocycles. The third kappa shape index (κ3) is 3.28. The normalized spacial score (nSPS) is 10.7. The first-order valence-corrected chi connectivity index (χ1v) is 8.21. The molecule has 4 rings (SSSR count). The molecule has 0 spiro atoms. The molecule has 0 aliphatic carbocycles. The Bertz CT molecular complexity index is 1130. The second-order valence-electron chi connectivity index (χ2n) is 5.95. The van der Waals surface area contributed by atoms with Gasteiger partial charge in [-0.25, -0.2) is 4.79 Å². The van der Waals surface area contributed by atoms with Gasteiger partial charge in [0.2, 0.25) is 0 Å². The molecule has 2 N–H and O–H groups in total. The first-order valence-electron chi connectivity index (χ1n) is 8.21. The summed E-state index contributed by atoms with van der Waals surface area (Å²) in [5, 5.41) is 16.5. The zero-order valence-electron chi connectivity index (χ0n) is 14.0. The molecule has 0 bridgehead atoms. The summed E-state index contributed by atoms with van der Waals surface area (Å²) in [6, 6.07) is 20.7. The van der Waals surface area contributed by atoms with E-state index in [-0.39, 0.29) is 11.5 Å². The Morgan fingerprint density at radius 1 is 0.889 bits per heavy atom. The first-order chi connectivity index (χ1) is 13.1. The minimum Gasteiger partial charge on any atom is -0.478 e. The Kier molecular flexibility index (Phi) is 4.14. The van der Waals surface area contributed by atoms with Gasteiger partial charge in [-0.3, -0.25) is 4.79 Å². The van der Waals surface area contributed by atoms with E-state index < -0.39 is 5.97 Å². The monoisotopic (exact) mass is 358 g/mol. The second-order valence-corrected chi connectivity index (χ2v) is 5.95. The van der Waals surface area contributed by atoms with Crippen molar-refractivity contribution < 1.29 is 19.2 Å². The van der Waals surface area contributed by atoms with Gasteiger partial charge in [-0.05, 0) is 42.5 Å². The first kappa shape index (κ1) is 16.5. The highest BCUT2D eigenvalue weighted by Gasteiger charge is 2.14. The van der Waals surface area contributed by atoms with E-state index in [1.165, 1.54) is 12.1 Å². The molecule has 1 heterocycles. The average Bonchev–Trinajstić information content (AvgIpc) is 3.12. The lowest BCUT2D eigenvalue weighted by atomic mass is 10.1. The van der Waals surface area contributed by atoms with Gasteiger partial charge in [0.05, 0.1) is 10.9 Å². The topological polar surface area (TPSA) is 92.4 Å². The van der Waals surface area contributed by atoms with Gasteiger partial charge in [0.1, 0.15) is 5.52 Å². The molecule has 0 fully saturated rings. The van der Waals surface area contributed by atoms with Crippen molar-refractivity contribution in [3.05, 3.63) is 83.9 Å². The van der Waals surface area contributed by atoms with E-state index in [1.54, 1.807) is 30.3 Å². The number of carbonyl (C=O) groups excluding carboxylic acids is 1. The van der Waals surface area contributed by atoms with Crippen molar-refractivity contribution in [1.29, 1.82) is 0 Å². The van der Waals surface area contributed by atoms with Crippen LogP contribution >= 0.6 is 0 Å². The summed E-state index contributed by atoms with van der Waals surface area (Å²) in [5.41, 5.74) is 2.66. The number of carbonyl (C=O) groups is 2. The summed E-state index contributed by atoms with van der Waals surface area (Å²) in [4.78, 5) is 23.5. The predicted octanol–water partition coefficient (Wildman–Crippen LogP) is 4.45. The highest BCUT2D eigenvalue weighted by atomic mass is 16.5. The molecule has 0 saturated carbocycles. The fourth-order valence-electron chi connectivity index (χ4n) is 2.78. The molecule has 0 aliphatic rings. The van der Waals surface area contributed by atoms with E-state index >= 15 is 0 Å². The Morgan fingerprint density at radius 2 is 1.59 bits per heavy atom. The maximum absolute atomic E-state index is 12.6. The van der Waals surface area contributed by atoms with Crippen molar-refractivity contribution in [2.45, 2.75) is 0 Å². The minimum absolute atomic E-state index is 0.159. The maximum atomic E-state index is 12.6. The number of nitrogens with zero attached hydrogens (tertiary/aromatic N) is 1. The fourth-order valence-corrected chi connectivity index (χ4v) is 2.78. The number of aromatic nitrogens is 1. The smallest absolute Gasteiger partial charge is 0.335 e. The molecule has 1 amide bonds. The number of fused-ring (bicyclic) bond motifs is 1. The van der Waals surface area contributed by atoms with Crippen LogP contribution in [0.15, 0.2) is 77.3 Å². The molecule has 1 aromatic heterocycles. The summed E-state index contributed by atoms with van der Waals surface area (Å²) >= 11 is 0. The molecule has 0 saturated heterocycles. The molecule has 0 atom stereocenters. The van der Waals surface area contributed by atoms with Crippen LogP contribution in [0.1, 0.15) is 20.7 Å². The lowest BCUT2D eigenvalue weighted by Gasteiger charge is -2.06. The maximum Gasteiger partial charge on any atom is 0.335 e. The number of rotatable bonds is 4. The standard InChI is InChI=1S/C21H14N2O4/c24-20(22-16-9-6-14(7-10-16)21(25)26)15-8-11-18-17(12-15)19(27-23-18)13-4-2-1-3-5-13/h1-12H,(H,22,24)(H,25,26). The van der Waals surface area contributed by atoms with Crippen molar-refractivity contribution in [2.75, 3.05) is 5.32 Å². The van der Waals surface area contributed by atoms with Crippen LogP contribution in [0.5, 0.6) is 0 Å². The predicted molar refractivity (Wildman–Crippen MR) is 101 cm³/mol. The molecule has 0 aliphatic heterocycles. The van der Waals surface area contributed by atoms with E-state index in [2.05, 4.69) is 10.5 Å². The Morgan fingerprint density at radius 3 is 2.30 bits per heavy atom. The summed E-state index contributed by atoms with van der Waals surface area (Å²) in [6.07, 6.45) is 0. The van der Waals surface area contributed by atoms with Gasteiger partial charge in [-0.2, -0.15) is 0 Å². The lowest BCUT2D eigenvalue weighted by Crippen LogP contribution is -2.11. The van der Waals surface area contributed by atoms with Gasteiger partial charge < -0.3 is 14.9 Å². The quantitative estimate of drug-likeness (QED) is 0.562. The Hall–Kier alpha value is -3.93. The Balaban J connectivity index is 1.63. The number of benzene rings is 3. The number of anilines is 1. The number of aromatic carboxylic acids is 1. The van der Waals surface area contributed by atoms with Crippen molar-refractivity contribution in [3.8, 4) is 11.3 Å². The van der Waals surface area contributed by atoms with Crippen molar-refractivity contribution in [1.82, 2.24) is 5.16 Å². The molecule has 0 radical (unpaired) electrons. The van der Waals surface area contributed by atoms with E-state index in [4.69, 9.17) is 9.63 Å². The van der Waals surface area contributed by atoms with Crippen LogP contribution < -0.4 is 5.32 Å². The Labute approximate surface area is 154 Å². The van der Waals surface area contributed by atoms with Gasteiger partial charge in [0.15, 0.2) is 5.76 Å². The minimum atomic E-state index is -1.01. The van der Waals surface area contributed by atoms with Gasteiger partial charge in [0, 0.05) is 16.8 Å². The summed E-state index contributed by atoms with van der Waals surface area (Å²) in [5.74, 6) is -0.717. The van der Waals surface area contributed by atoms with Crippen LogP contribution in [0.4, 0.5) is 5.69 Å². The number of hydrogen-bond donors (Lipinski definition) is 2. The largest absolute Gasteiger partial charge is 0.478 e. The van der Waals surface area contributed by atoms with Gasteiger partial charge in [-0.15, -0.1) is 0 Å². The zero-order valence-corrected chi connectivity index (χ0v) is 14.0. The number of hydrogen-bond acceptors (Lipinski definition) is 4. The summed E-state index contributed by atoms with van der Waals surface area (Å²) in [6.45, 7) is 0. The van der Waals surface area contributed by atoms with Crippen molar-refractivity contribution in [3.63, 3.8) is 0 Å². The highest BCUT2D eigenvalue weighted by molar-refractivity contribution is 6.07. The summed E-state index contributed by atoms with van der Waals surface area (Å²) in [7, 11) is 0.